The molecule has 0 aliphatic heterocycles. The van der Waals surface area contributed by atoms with E-state index in [9.17, 15) is 8.42 Å². The molecule has 0 aromatic carbocycles. The van der Waals surface area contributed by atoms with Crippen molar-refractivity contribution in [3.63, 3.8) is 0 Å². The van der Waals surface area contributed by atoms with E-state index in [4.69, 9.17) is 4.55 Å². The fourth-order valence-corrected chi connectivity index (χ4v) is 1.54. The first-order chi connectivity index (χ1) is 6.55. The predicted octanol–water partition coefficient (Wildman–Crippen LogP) is 1.29. The van der Waals surface area contributed by atoms with Gasteiger partial charge in [0, 0.05) is 18.8 Å². The standard InChI is InChI=1S/C6H10N2O3S.C2H4/c1-2-3-6-7-4-5-8(6)12(9,10)11;1-2/h4-5H,2-3H2,1H3,(H,9,10,11);1-2H2. The molecule has 0 saturated carbocycles. The molecule has 0 aliphatic rings. The topological polar surface area (TPSA) is 72.2 Å². The number of nitrogens with zero attached hydrogens (tertiary/aromatic N) is 2. The summed E-state index contributed by atoms with van der Waals surface area (Å²) in [5.74, 6) is 0.361. The van der Waals surface area contributed by atoms with E-state index in [2.05, 4.69) is 18.1 Å². The van der Waals surface area contributed by atoms with Crippen molar-refractivity contribution >= 4 is 10.3 Å². The predicted molar refractivity (Wildman–Crippen MR) is 54.4 cm³/mol. The summed E-state index contributed by atoms with van der Waals surface area (Å²) in [6.45, 7) is 7.91. The van der Waals surface area contributed by atoms with E-state index in [1.165, 1.54) is 12.4 Å². The zero-order chi connectivity index (χ0) is 11.2. The van der Waals surface area contributed by atoms with Crippen molar-refractivity contribution in [1.82, 2.24) is 8.96 Å². The van der Waals surface area contributed by atoms with E-state index in [0.717, 1.165) is 10.4 Å². The Bertz CT molecular complexity index is 370. The van der Waals surface area contributed by atoms with Gasteiger partial charge in [-0.3, -0.25) is 4.55 Å². The highest BCUT2D eigenvalue weighted by molar-refractivity contribution is 7.84. The fourth-order valence-electron chi connectivity index (χ4n) is 0.931. The first-order valence-corrected chi connectivity index (χ1v) is 5.45. The Hall–Kier alpha value is -1.14. The van der Waals surface area contributed by atoms with Crippen LogP contribution in [-0.2, 0) is 16.7 Å². The quantitative estimate of drug-likeness (QED) is 0.613. The van der Waals surface area contributed by atoms with Crippen LogP contribution >= 0.6 is 0 Å². The van der Waals surface area contributed by atoms with Gasteiger partial charge >= 0.3 is 10.3 Å². The van der Waals surface area contributed by atoms with Gasteiger partial charge in [-0.15, -0.1) is 13.2 Å². The minimum absolute atomic E-state index is 0.361. The van der Waals surface area contributed by atoms with Crippen LogP contribution in [0, 0.1) is 0 Å². The van der Waals surface area contributed by atoms with Crippen LogP contribution in [0.4, 0.5) is 0 Å². The van der Waals surface area contributed by atoms with Gasteiger partial charge in [0.15, 0.2) is 0 Å². The van der Waals surface area contributed by atoms with Crippen LogP contribution < -0.4 is 0 Å². The Balaban J connectivity index is 0.000000791. The normalized spacial score (nSPS) is 10.4. The van der Waals surface area contributed by atoms with Crippen molar-refractivity contribution in [2.75, 3.05) is 0 Å². The number of aromatic nitrogens is 2. The fraction of sp³-hybridized carbons (Fsp3) is 0.375. The Morgan fingerprint density at radius 3 is 2.57 bits per heavy atom. The lowest BCUT2D eigenvalue weighted by Crippen LogP contribution is -2.13. The highest BCUT2D eigenvalue weighted by atomic mass is 32.2. The van der Waals surface area contributed by atoms with Crippen molar-refractivity contribution < 1.29 is 13.0 Å². The number of imidazole rings is 1. The molecule has 14 heavy (non-hydrogen) atoms. The molecule has 1 aromatic heterocycles. The van der Waals surface area contributed by atoms with Gasteiger partial charge in [-0.1, -0.05) is 6.92 Å². The van der Waals surface area contributed by atoms with Gasteiger partial charge < -0.3 is 0 Å². The number of hydrogen-bond donors (Lipinski definition) is 1. The first-order valence-electron chi connectivity index (χ1n) is 4.06. The largest absolute Gasteiger partial charge is 0.364 e. The zero-order valence-electron chi connectivity index (χ0n) is 8.05. The van der Waals surface area contributed by atoms with Crippen molar-refractivity contribution in [2.24, 2.45) is 0 Å². The SMILES string of the molecule is C=C.CCCc1nccn1S(=O)(=O)O. The number of rotatable bonds is 3. The van der Waals surface area contributed by atoms with Crippen LogP contribution in [0.5, 0.6) is 0 Å². The number of hydrogen-bond acceptors (Lipinski definition) is 3. The summed E-state index contributed by atoms with van der Waals surface area (Å²) < 4.78 is 30.8. The third-order valence-electron chi connectivity index (χ3n) is 1.40. The van der Waals surface area contributed by atoms with Gasteiger partial charge in [0.25, 0.3) is 0 Å². The van der Waals surface area contributed by atoms with Gasteiger partial charge in [-0.2, -0.15) is 8.42 Å². The van der Waals surface area contributed by atoms with E-state index in [1.807, 2.05) is 6.92 Å². The first kappa shape index (κ1) is 12.9. The molecule has 1 N–H and O–H groups in total. The zero-order valence-corrected chi connectivity index (χ0v) is 8.87. The molecule has 0 spiro atoms. The second-order valence-corrected chi connectivity index (χ2v) is 3.66. The average Bonchev–Trinajstić information content (AvgIpc) is 2.56. The molecule has 0 unspecified atom stereocenters. The second kappa shape index (κ2) is 5.56. The highest BCUT2D eigenvalue weighted by Gasteiger charge is 2.11. The summed E-state index contributed by atoms with van der Waals surface area (Å²) >= 11 is 0. The summed E-state index contributed by atoms with van der Waals surface area (Å²) in [5, 5.41) is 0. The third-order valence-corrected chi connectivity index (χ3v) is 2.23. The summed E-state index contributed by atoms with van der Waals surface area (Å²) in [5.41, 5.74) is 0. The van der Waals surface area contributed by atoms with Crippen molar-refractivity contribution in [3.05, 3.63) is 31.4 Å². The smallest absolute Gasteiger partial charge is 0.269 e. The van der Waals surface area contributed by atoms with Crippen LogP contribution in [0.2, 0.25) is 0 Å². The Morgan fingerprint density at radius 1 is 1.57 bits per heavy atom. The summed E-state index contributed by atoms with van der Waals surface area (Å²) in [6.07, 6.45) is 3.89. The van der Waals surface area contributed by atoms with Gasteiger partial charge in [0.05, 0.1) is 0 Å². The van der Waals surface area contributed by atoms with Crippen LogP contribution in [0.3, 0.4) is 0 Å². The maximum absolute atomic E-state index is 10.7. The minimum Gasteiger partial charge on any atom is -0.269 e. The molecule has 1 heterocycles. The summed E-state index contributed by atoms with van der Waals surface area (Å²) in [7, 11) is -4.16. The van der Waals surface area contributed by atoms with E-state index in [1.54, 1.807) is 0 Å². The summed E-state index contributed by atoms with van der Waals surface area (Å²) in [4.78, 5) is 3.80. The molecule has 0 amide bonds. The summed E-state index contributed by atoms with van der Waals surface area (Å²) in [6, 6.07) is 0. The van der Waals surface area contributed by atoms with Crippen molar-refractivity contribution in [1.29, 1.82) is 0 Å². The van der Waals surface area contributed by atoms with Crippen molar-refractivity contribution in [3.8, 4) is 0 Å². The van der Waals surface area contributed by atoms with E-state index in [0.29, 0.717) is 12.2 Å². The van der Waals surface area contributed by atoms with Crippen LogP contribution in [0.15, 0.2) is 25.6 Å². The molecule has 5 nitrogen and oxygen atoms in total. The van der Waals surface area contributed by atoms with Gasteiger partial charge in [0.2, 0.25) is 0 Å². The molecule has 0 bridgehead atoms. The molecule has 0 atom stereocenters. The number of aryl methyl sites for hydroxylation is 1. The lowest BCUT2D eigenvalue weighted by molar-refractivity contribution is 0.470. The molecule has 0 fully saturated rings. The maximum atomic E-state index is 10.7. The van der Waals surface area contributed by atoms with E-state index in [-0.39, 0.29) is 0 Å². The molecule has 1 aromatic rings. The molecular formula is C8H14N2O3S. The Kier molecular flexibility index (Phi) is 5.11. The lowest BCUT2D eigenvalue weighted by Gasteiger charge is -2.00. The molecule has 0 aliphatic carbocycles. The molecule has 1 rings (SSSR count). The average molecular weight is 218 g/mol. The molecule has 0 saturated heterocycles. The minimum atomic E-state index is -4.16. The second-order valence-electron chi connectivity index (χ2n) is 2.37. The van der Waals surface area contributed by atoms with Crippen LogP contribution in [-0.4, -0.2) is 21.9 Å². The monoisotopic (exact) mass is 218 g/mol. The van der Waals surface area contributed by atoms with Crippen LogP contribution in [0.1, 0.15) is 19.2 Å². The van der Waals surface area contributed by atoms with Gasteiger partial charge in [-0.05, 0) is 6.42 Å². The molecule has 80 valence electrons. The van der Waals surface area contributed by atoms with Crippen LogP contribution in [0.25, 0.3) is 0 Å². The maximum Gasteiger partial charge on any atom is 0.364 e. The van der Waals surface area contributed by atoms with Gasteiger partial charge in [0.1, 0.15) is 5.82 Å². The van der Waals surface area contributed by atoms with E-state index < -0.39 is 10.3 Å². The van der Waals surface area contributed by atoms with E-state index >= 15 is 0 Å². The third kappa shape index (κ3) is 3.31. The highest BCUT2D eigenvalue weighted by Crippen LogP contribution is 2.03. The molecule has 6 heteroatoms. The Morgan fingerprint density at radius 2 is 2.14 bits per heavy atom. The molecular weight excluding hydrogens is 204 g/mol. The Labute approximate surface area is 84.0 Å². The molecule has 0 radical (unpaired) electrons. The van der Waals surface area contributed by atoms with Gasteiger partial charge in [-0.25, -0.2) is 8.96 Å². The van der Waals surface area contributed by atoms with Crippen molar-refractivity contribution in [2.45, 2.75) is 19.8 Å². The lowest BCUT2D eigenvalue weighted by atomic mass is 10.3.